The number of benzene rings is 1. The van der Waals surface area contributed by atoms with Crippen molar-refractivity contribution in [2.75, 3.05) is 6.54 Å². The van der Waals surface area contributed by atoms with Gasteiger partial charge in [0.05, 0.1) is 12.6 Å². The third-order valence-electron chi connectivity index (χ3n) is 3.80. The van der Waals surface area contributed by atoms with E-state index in [4.69, 9.17) is 11.6 Å². The van der Waals surface area contributed by atoms with Crippen molar-refractivity contribution >= 4 is 11.6 Å². The van der Waals surface area contributed by atoms with Crippen molar-refractivity contribution in [3.05, 3.63) is 46.5 Å². The smallest absolute Gasteiger partial charge is 0.150 e. The first kappa shape index (κ1) is 13.6. The minimum atomic E-state index is 0.343. The Bertz CT molecular complexity index is 570. The zero-order valence-corrected chi connectivity index (χ0v) is 12.4. The molecule has 3 rings (SSSR count). The fraction of sp³-hybridized carbons (Fsp3) is 0.467. The molecule has 0 saturated carbocycles. The van der Waals surface area contributed by atoms with E-state index in [0.717, 1.165) is 42.6 Å². The maximum Gasteiger partial charge on any atom is 0.150 e. The van der Waals surface area contributed by atoms with Crippen molar-refractivity contribution in [2.45, 2.75) is 38.8 Å². The summed E-state index contributed by atoms with van der Waals surface area (Å²) in [6.45, 7) is 4.00. The average molecular weight is 291 g/mol. The Morgan fingerprint density at radius 2 is 2.10 bits per heavy atom. The number of aromatic nitrogens is 3. The van der Waals surface area contributed by atoms with Crippen LogP contribution in [0.15, 0.2) is 24.3 Å². The summed E-state index contributed by atoms with van der Waals surface area (Å²) in [6, 6.07) is 8.33. The normalized spacial score (nSPS) is 18.6. The molecule has 1 aliphatic rings. The van der Waals surface area contributed by atoms with Crippen LogP contribution in [-0.4, -0.2) is 21.3 Å². The summed E-state index contributed by atoms with van der Waals surface area (Å²) in [7, 11) is 0. The first-order chi connectivity index (χ1) is 9.78. The van der Waals surface area contributed by atoms with Crippen molar-refractivity contribution in [1.29, 1.82) is 0 Å². The molecule has 4 nitrogen and oxygen atoms in total. The number of nitrogens with one attached hydrogen (secondary N) is 1. The number of nitrogens with zero attached hydrogens (tertiary/aromatic N) is 3. The fourth-order valence-electron chi connectivity index (χ4n) is 2.72. The molecular formula is C15H19ClN4. The monoisotopic (exact) mass is 290 g/mol. The molecule has 1 fully saturated rings. The first-order valence-corrected chi connectivity index (χ1v) is 7.55. The maximum absolute atomic E-state index is 5.95. The van der Waals surface area contributed by atoms with E-state index in [1.54, 1.807) is 0 Å². The van der Waals surface area contributed by atoms with Crippen molar-refractivity contribution in [3.8, 4) is 0 Å². The summed E-state index contributed by atoms with van der Waals surface area (Å²) in [5.74, 6) is 2.11. The van der Waals surface area contributed by atoms with Crippen LogP contribution in [0.25, 0.3) is 0 Å². The van der Waals surface area contributed by atoms with E-state index in [1.165, 1.54) is 12.0 Å². The van der Waals surface area contributed by atoms with E-state index in [9.17, 15) is 0 Å². The summed E-state index contributed by atoms with van der Waals surface area (Å²) in [6.07, 6.45) is 3.25. The topological polar surface area (TPSA) is 42.7 Å². The molecule has 1 aliphatic heterocycles. The first-order valence-electron chi connectivity index (χ1n) is 7.17. The van der Waals surface area contributed by atoms with Gasteiger partial charge >= 0.3 is 0 Å². The van der Waals surface area contributed by atoms with Crippen molar-refractivity contribution in [1.82, 2.24) is 20.1 Å². The summed E-state index contributed by atoms with van der Waals surface area (Å²) in [5, 5.41) is 13.0. The van der Waals surface area contributed by atoms with Crippen LogP contribution in [0.1, 0.15) is 43.0 Å². The number of halogens is 1. The van der Waals surface area contributed by atoms with Gasteiger partial charge in [-0.25, -0.2) is 0 Å². The minimum absolute atomic E-state index is 0.343. The van der Waals surface area contributed by atoms with Gasteiger partial charge in [-0.2, -0.15) is 0 Å². The Kier molecular flexibility index (Phi) is 4.03. The predicted molar refractivity (Wildman–Crippen MR) is 79.9 cm³/mol. The molecule has 20 heavy (non-hydrogen) atoms. The molecule has 1 atom stereocenters. The number of hydrogen-bond donors (Lipinski definition) is 1. The second-order valence-electron chi connectivity index (χ2n) is 5.19. The van der Waals surface area contributed by atoms with Crippen LogP contribution >= 0.6 is 11.6 Å². The molecule has 1 unspecified atom stereocenters. The lowest BCUT2D eigenvalue weighted by Crippen LogP contribution is -2.19. The van der Waals surface area contributed by atoms with Gasteiger partial charge < -0.3 is 9.88 Å². The molecule has 0 bridgehead atoms. The van der Waals surface area contributed by atoms with Gasteiger partial charge in [0.2, 0.25) is 0 Å². The van der Waals surface area contributed by atoms with E-state index >= 15 is 0 Å². The lowest BCUT2D eigenvalue weighted by molar-refractivity contribution is 0.557. The Balaban J connectivity index is 1.90. The molecule has 5 heteroatoms. The van der Waals surface area contributed by atoms with Crippen molar-refractivity contribution in [2.24, 2.45) is 0 Å². The molecule has 2 heterocycles. The van der Waals surface area contributed by atoms with Gasteiger partial charge in [-0.3, -0.25) is 0 Å². The standard InChI is InChI=1S/C15H19ClN4/c1-2-14-18-19-15(13-4-3-9-17-13)20(14)10-11-5-7-12(16)8-6-11/h5-8,13,17H,2-4,9-10H2,1H3. The number of hydrogen-bond acceptors (Lipinski definition) is 3. The number of rotatable bonds is 4. The van der Waals surface area contributed by atoms with Crippen molar-refractivity contribution in [3.63, 3.8) is 0 Å². The molecule has 1 aromatic heterocycles. The van der Waals surface area contributed by atoms with Crippen LogP contribution < -0.4 is 5.32 Å². The third-order valence-corrected chi connectivity index (χ3v) is 4.05. The molecule has 106 valence electrons. The summed E-state index contributed by atoms with van der Waals surface area (Å²) >= 11 is 5.95. The molecular weight excluding hydrogens is 272 g/mol. The summed E-state index contributed by atoms with van der Waals surface area (Å²) < 4.78 is 2.24. The van der Waals surface area contributed by atoms with E-state index in [0.29, 0.717) is 6.04 Å². The summed E-state index contributed by atoms with van der Waals surface area (Å²) in [5.41, 5.74) is 1.23. The molecule has 0 radical (unpaired) electrons. The lowest BCUT2D eigenvalue weighted by atomic mass is 10.2. The fourth-order valence-corrected chi connectivity index (χ4v) is 2.84. The highest BCUT2D eigenvalue weighted by Crippen LogP contribution is 2.23. The highest BCUT2D eigenvalue weighted by Gasteiger charge is 2.23. The van der Waals surface area contributed by atoms with Gasteiger partial charge in [-0.1, -0.05) is 30.7 Å². The Labute approximate surface area is 124 Å². The number of aryl methyl sites for hydroxylation is 1. The quantitative estimate of drug-likeness (QED) is 0.941. The van der Waals surface area contributed by atoms with Gasteiger partial charge in [0, 0.05) is 11.4 Å². The van der Waals surface area contributed by atoms with Crippen LogP contribution in [0.4, 0.5) is 0 Å². The maximum atomic E-state index is 5.95. The highest BCUT2D eigenvalue weighted by atomic mass is 35.5. The van der Waals surface area contributed by atoms with E-state index in [1.807, 2.05) is 12.1 Å². The lowest BCUT2D eigenvalue weighted by Gasteiger charge is -2.14. The molecule has 0 amide bonds. The third kappa shape index (κ3) is 2.72. The second kappa shape index (κ2) is 5.94. The van der Waals surface area contributed by atoms with Gasteiger partial charge in [-0.05, 0) is 37.1 Å². The van der Waals surface area contributed by atoms with Crippen LogP contribution in [0, 0.1) is 0 Å². The summed E-state index contributed by atoms with van der Waals surface area (Å²) in [4.78, 5) is 0. The van der Waals surface area contributed by atoms with Crippen LogP contribution in [0.3, 0.4) is 0 Å². The largest absolute Gasteiger partial charge is 0.309 e. The Morgan fingerprint density at radius 1 is 1.30 bits per heavy atom. The van der Waals surface area contributed by atoms with Gasteiger partial charge in [0.1, 0.15) is 5.82 Å². The highest BCUT2D eigenvalue weighted by molar-refractivity contribution is 6.30. The van der Waals surface area contributed by atoms with Gasteiger partial charge in [0.15, 0.2) is 5.82 Å². The van der Waals surface area contributed by atoms with Gasteiger partial charge in [-0.15, -0.1) is 10.2 Å². The van der Waals surface area contributed by atoms with Gasteiger partial charge in [0.25, 0.3) is 0 Å². The molecule has 1 N–H and O–H groups in total. The Morgan fingerprint density at radius 3 is 2.75 bits per heavy atom. The minimum Gasteiger partial charge on any atom is -0.309 e. The Hall–Kier alpha value is -1.39. The van der Waals surface area contributed by atoms with E-state index in [2.05, 4.69) is 39.1 Å². The second-order valence-corrected chi connectivity index (χ2v) is 5.63. The van der Waals surface area contributed by atoms with E-state index < -0.39 is 0 Å². The zero-order valence-electron chi connectivity index (χ0n) is 11.6. The van der Waals surface area contributed by atoms with Crippen LogP contribution in [0.2, 0.25) is 5.02 Å². The SMILES string of the molecule is CCc1nnc(C2CCCN2)n1Cc1ccc(Cl)cc1. The molecule has 2 aromatic rings. The van der Waals surface area contributed by atoms with Crippen LogP contribution in [-0.2, 0) is 13.0 Å². The van der Waals surface area contributed by atoms with Crippen LogP contribution in [0.5, 0.6) is 0 Å². The molecule has 0 spiro atoms. The predicted octanol–water partition coefficient (Wildman–Crippen LogP) is 2.97. The average Bonchev–Trinajstić information content (AvgIpc) is 3.10. The van der Waals surface area contributed by atoms with Crippen molar-refractivity contribution < 1.29 is 0 Å². The molecule has 1 saturated heterocycles. The molecule has 0 aliphatic carbocycles. The zero-order chi connectivity index (χ0) is 13.9. The molecule has 1 aromatic carbocycles. The van der Waals surface area contributed by atoms with E-state index in [-0.39, 0.29) is 0 Å².